The van der Waals surface area contributed by atoms with Crippen LogP contribution < -0.4 is 4.74 Å². The van der Waals surface area contributed by atoms with Crippen molar-refractivity contribution in [2.24, 2.45) is 0 Å². The summed E-state index contributed by atoms with van der Waals surface area (Å²) in [5.74, 6) is -2.08. The van der Waals surface area contributed by atoms with Crippen molar-refractivity contribution in [3.05, 3.63) is 101 Å². The van der Waals surface area contributed by atoms with Crippen LogP contribution in [0.15, 0.2) is 72.8 Å². The fraction of sp³-hybridized carbons (Fsp3) is 0.167. The smallest absolute Gasteiger partial charge is 0.406 e. The topological polar surface area (TPSA) is 43.4 Å². The van der Waals surface area contributed by atoms with E-state index in [4.69, 9.17) is 0 Å². The Morgan fingerprint density at radius 3 is 2.19 bits per heavy atom. The monoisotopic (exact) mass is 462 g/mol. The molecule has 3 rings (SSSR count). The molecule has 0 bridgehead atoms. The summed E-state index contributed by atoms with van der Waals surface area (Å²) in [6, 6.07) is 16.8. The predicted molar refractivity (Wildman–Crippen MR) is 115 cm³/mol. The Bertz CT molecular complexity index is 1100. The molecule has 0 aliphatic carbocycles. The number of rotatable bonds is 8. The minimum atomic E-state index is -4.81. The molecule has 0 N–H and O–H groups in total. The van der Waals surface area contributed by atoms with Gasteiger partial charge in [0.05, 0.1) is 5.25 Å². The summed E-state index contributed by atoms with van der Waals surface area (Å²) in [5, 5.41) is -0.511. The minimum absolute atomic E-state index is 0.0829. The van der Waals surface area contributed by atoms with E-state index in [1.54, 1.807) is 18.2 Å². The van der Waals surface area contributed by atoms with Gasteiger partial charge in [0.1, 0.15) is 11.6 Å². The molecule has 32 heavy (non-hydrogen) atoms. The third kappa shape index (κ3) is 5.76. The Morgan fingerprint density at radius 2 is 1.59 bits per heavy atom. The average molecular weight is 462 g/mol. The first-order chi connectivity index (χ1) is 15.2. The van der Waals surface area contributed by atoms with Gasteiger partial charge in [-0.3, -0.25) is 9.59 Å². The van der Waals surface area contributed by atoms with E-state index in [2.05, 4.69) is 4.74 Å². The van der Waals surface area contributed by atoms with Crippen molar-refractivity contribution in [3.63, 3.8) is 0 Å². The minimum Gasteiger partial charge on any atom is -0.406 e. The fourth-order valence-corrected chi connectivity index (χ4v) is 4.24. The third-order valence-corrected chi connectivity index (χ3v) is 5.73. The lowest BCUT2D eigenvalue weighted by atomic mass is 9.93. The zero-order valence-electron chi connectivity index (χ0n) is 16.9. The van der Waals surface area contributed by atoms with Gasteiger partial charge in [-0.1, -0.05) is 55.5 Å². The summed E-state index contributed by atoms with van der Waals surface area (Å²) in [5.41, 5.74) is 1.08. The first-order valence-corrected chi connectivity index (χ1v) is 10.7. The van der Waals surface area contributed by atoms with Gasteiger partial charge in [-0.2, -0.15) is 0 Å². The first kappa shape index (κ1) is 23.5. The number of ether oxygens (including phenoxy) is 1. The molecule has 0 radical (unpaired) electrons. The van der Waals surface area contributed by atoms with E-state index in [1.165, 1.54) is 60.3 Å². The van der Waals surface area contributed by atoms with E-state index < -0.39 is 29.0 Å². The lowest BCUT2D eigenvalue weighted by Crippen LogP contribution is -2.18. The van der Waals surface area contributed by atoms with Crippen LogP contribution in [0.3, 0.4) is 0 Å². The van der Waals surface area contributed by atoms with Crippen LogP contribution in [0.1, 0.15) is 44.0 Å². The molecule has 0 aliphatic rings. The zero-order chi connectivity index (χ0) is 23.3. The highest BCUT2D eigenvalue weighted by Gasteiger charge is 2.31. The van der Waals surface area contributed by atoms with Crippen LogP contribution in [0.5, 0.6) is 5.75 Å². The highest BCUT2D eigenvalue weighted by atomic mass is 32.2. The van der Waals surface area contributed by atoms with Crippen molar-refractivity contribution < 1.29 is 31.9 Å². The molecule has 0 spiro atoms. The normalized spacial score (nSPS) is 12.3. The molecule has 0 saturated heterocycles. The van der Waals surface area contributed by atoms with Crippen molar-refractivity contribution in [1.82, 2.24) is 0 Å². The van der Waals surface area contributed by atoms with E-state index >= 15 is 0 Å². The molecule has 0 aliphatic heterocycles. The van der Waals surface area contributed by atoms with Crippen molar-refractivity contribution in [2.45, 2.75) is 18.5 Å². The summed E-state index contributed by atoms with van der Waals surface area (Å²) in [7, 11) is 0. The molecule has 0 heterocycles. The van der Waals surface area contributed by atoms with Gasteiger partial charge in [-0.25, -0.2) is 4.39 Å². The number of thioether (sulfide) groups is 1. The fourth-order valence-electron chi connectivity index (χ4n) is 3.17. The largest absolute Gasteiger partial charge is 0.573 e. The van der Waals surface area contributed by atoms with E-state index in [0.717, 1.165) is 6.07 Å². The molecule has 1 unspecified atom stereocenters. The van der Waals surface area contributed by atoms with Gasteiger partial charge < -0.3 is 4.74 Å². The van der Waals surface area contributed by atoms with Crippen molar-refractivity contribution in [1.29, 1.82) is 0 Å². The number of halogens is 4. The highest BCUT2D eigenvalue weighted by molar-refractivity contribution is 7.99. The van der Waals surface area contributed by atoms with E-state index in [0.29, 0.717) is 16.9 Å². The van der Waals surface area contributed by atoms with Gasteiger partial charge in [0.15, 0.2) is 0 Å². The molecular formula is C24H18F4O3S. The Kier molecular flexibility index (Phi) is 7.35. The van der Waals surface area contributed by atoms with Gasteiger partial charge in [0, 0.05) is 11.1 Å². The van der Waals surface area contributed by atoms with Gasteiger partial charge in [0.2, 0.25) is 11.6 Å². The number of carbonyl (C=O) groups is 2. The van der Waals surface area contributed by atoms with E-state index in [9.17, 15) is 27.2 Å². The second-order valence-electron chi connectivity index (χ2n) is 6.71. The Labute approximate surface area is 186 Å². The lowest BCUT2D eigenvalue weighted by molar-refractivity contribution is -0.274. The number of alkyl halides is 3. The second-order valence-corrected chi connectivity index (χ2v) is 8.09. The second kappa shape index (κ2) is 9.99. The third-order valence-electron chi connectivity index (χ3n) is 4.53. The van der Waals surface area contributed by atoms with Gasteiger partial charge in [-0.05, 0) is 41.1 Å². The van der Waals surface area contributed by atoms with Gasteiger partial charge in [-0.15, -0.1) is 24.9 Å². The van der Waals surface area contributed by atoms with Crippen LogP contribution in [0.4, 0.5) is 17.6 Å². The number of carbonyl (C=O) groups excluding carboxylic acids is 2. The zero-order valence-corrected chi connectivity index (χ0v) is 17.7. The summed E-state index contributed by atoms with van der Waals surface area (Å²) >= 11 is 1.40. The quantitative estimate of drug-likeness (QED) is 0.214. The average Bonchev–Trinajstić information content (AvgIpc) is 2.77. The lowest BCUT2D eigenvalue weighted by Gasteiger charge is -2.20. The molecule has 166 valence electrons. The van der Waals surface area contributed by atoms with Crippen molar-refractivity contribution in [3.8, 4) is 5.75 Å². The molecule has 8 heteroatoms. The van der Waals surface area contributed by atoms with Crippen molar-refractivity contribution >= 4 is 23.3 Å². The van der Waals surface area contributed by atoms with Crippen LogP contribution in [-0.2, 0) is 0 Å². The summed E-state index contributed by atoms with van der Waals surface area (Å²) in [6.07, 6.45) is -4.81. The van der Waals surface area contributed by atoms with Crippen LogP contribution in [0.25, 0.3) is 0 Å². The molecule has 1 atom stereocenters. The Morgan fingerprint density at radius 1 is 0.938 bits per heavy atom. The van der Waals surface area contributed by atoms with Gasteiger partial charge in [0.25, 0.3) is 0 Å². The number of benzene rings is 3. The molecule has 0 amide bonds. The standard InChI is InChI=1S/C24H18F4O3S/c1-2-32-23(16-8-11-18(12-9-16)31-24(26,27)28)19-13-10-17(25)14-20(19)22(30)21(29)15-6-4-3-5-7-15/h3-14,23H,2H2,1H3. The van der Waals surface area contributed by atoms with Gasteiger partial charge >= 0.3 is 6.36 Å². The number of hydrogen-bond acceptors (Lipinski definition) is 4. The van der Waals surface area contributed by atoms with E-state index in [1.807, 2.05) is 6.92 Å². The van der Waals surface area contributed by atoms with Crippen molar-refractivity contribution in [2.75, 3.05) is 5.75 Å². The number of ketones is 2. The first-order valence-electron chi connectivity index (χ1n) is 9.60. The summed E-state index contributed by atoms with van der Waals surface area (Å²) < 4.78 is 55.3. The SMILES string of the molecule is CCSC(c1ccc(OC(F)(F)F)cc1)c1ccc(F)cc1C(=O)C(=O)c1ccccc1. The maximum Gasteiger partial charge on any atom is 0.573 e. The van der Waals surface area contributed by atoms with Crippen LogP contribution >= 0.6 is 11.8 Å². The molecule has 3 aromatic carbocycles. The number of hydrogen-bond donors (Lipinski definition) is 0. The molecule has 0 aromatic heterocycles. The molecular weight excluding hydrogens is 444 g/mol. The molecule has 3 nitrogen and oxygen atoms in total. The maximum atomic E-state index is 14.0. The Balaban J connectivity index is 2.00. The van der Waals surface area contributed by atoms with Crippen LogP contribution in [0.2, 0.25) is 0 Å². The number of Topliss-reactive ketones (excluding diaryl/α,β-unsaturated/α-hetero) is 2. The molecule has 0 saturated carbocycles. The predicted octanol–water partition coefficient (Wildman–Crippen LogP) is 6.63. The molecule has 3 aromatic rings. The molecule has 0 fully saturated rings. The van der Waals surface area contributed by atoms with Crippen LogP contribution in [-0.4, -0.2) is 23.7 Å². The summed E-state index contributed by atoms with van der Waals surface area (Å²) in [4.78, 5) is 25.7. The van der Waals surface area contributed by atoms with Crippen LogP contribution in [0, 0.1) is 5.82 Å². The van der Waals surface area contributed by atoms with E-state index in [-0.39, 0.29) is 16.9 Å². The summed E-state index contributed by atoms with van der Waals surface area (Å²) in [6.45, 7) is 1.87. The maximum absolute atomic E-state index is 14.0. The Hall–Kier alpha value is -3.13. The highest BCUT2D eigenvalue weighted by Crippen LogP contribution is 2.39.